The molecule has 3 rings (SSSR count). The van der Waals surface area contributed by atoms with Crippen molar-refractivity contribution < 1.29 is 9.47 Å². The predicted molar refractivity (Wildman–Crippen MR) is 90.3 cm³/mol. The molecule has 0 aliphatic carbocycles. The van der Waals surface area contributed by atoms with Crippen molar-refractivity contribution in [1.29, 1.82) is 0 Å². The molecule has 2 saturated heterocycles. The van der Waals surface area contributed by atoms with Crippen LogP contribution in [0.1, 0.15) is 11.1 Å². The van der Waals surface area contributed by atoms with Crippen molar-refractivity contribution in [2.75, 3.05) is 52.6 Å². The fraction of sp³-hybridized carbons (Fsp3) is 0.588. The molecule has 6 heteroatoms. The van der Waals surface area contributed by atoms with E-state index in [0.29, 0.717) is 12.5 Å². The van der Waals surface area contributed by atoms with Gasteiger partial charge in [-0.05, 0) is 11.1 Å². The average Bonchev–Trinajstić information content (AvgIpc) is 2.62. The number of guanidine groups is 1. The standard InChI is InChI=1S/C17H26N4O2/c18-17(21-7-11-23-12-8-21)19-13-15-3-1-2-4-16(15)14-20-5-9-22-10-6-20/h1-4H,5-14H2,(H2,18,19). The molecule has 0 amide bonds. The van der Waals surface area contributed by atoms with Gasteiger partial charge in [0.15, 0.2) is 5.96 Å². The third kappa shape index (κ3) is 4.67. The van der Waals surface area contributed by atoms with Gasteiger partial charge in [0.1, 0.15) is 0 Å². The van der Waals surface area contributed by atoms with Gasteiger partial charge in [0.05, 0.1) is 33.0 Å². The predicted octanol–water partition coefficient (Wildman–Crippen LogP) is 0.666. The highest BCUT2D eigenvalue weighted by molar-refractivity contribution is 5.78. The van der Waals surface area contributed by atoms with Crippen molar-refractivity contribution in [2.45, 2.75) is 13.1 Å². The zero-order valence-corrected chi connectivity index (χ0v) is 13.6. The van der Waals surface area contributed by atoms with Crippen molar-refractivity contribution in [3.8, 4) is 0 Å². The first-order valence-corrected chi connectivity index (χ1v) is 8.32. The van der Waals surface area contributed by atoms with Crippen molar-refractivity contribution in [3.63, 3.8) is 0 Å². The summed E-state index contributed by atoms with van der Waals surface area (Å²) < 4.78 is 10.8. The fourth-order valence-electron chi connectivity index (χ4n) is 2.92. The highest BCUT2D eigenvalue weighted by atomic mass is 16.5. The molecule has 0 saturated carbocycles. The summed E-state index contributed by atoms with van der Waals surface area (Å²) in [6, 6.07) is 8.49. The first-order chi connectivity index (χ1) is 11.3. The number of hydrogen-bond donors (Lipinski definition) is 1. The lowest BCUT2D eigenvalue weighted by Crippen LogP contribution is -2.44. The van der Waals surface area contributed by atoms with E-state index in [9.17, 15) is 0 Å². The van der Waals surface area contributed by atoms with E-state index in [-0.39, 0.29) is 0 Å². The van der Waals surface area contributed by atoms with Crippen molar-refractivity contribution in [2.24, 2.45) is 10.7 Å². The van der Waals surface area contributed by atoms with Gasteiger partial charge in [-0.2, -0.15) is 0 Å². The van der Waals surface area contributed by atoms with E-state index in [2.05, 4.69) is 39.1 Å². The molecule has 0 radical (unpaired) electrons. The van der Waals surface area contributed by atoms with Crippen LogP contribution < -0.4 is 5.73 Å². The van der Waals surface area contributed by atoms with Crippen LogP contribution in [-0.2, 0) is 22.6 Å². The van der Waals surface area contributed by atoms with Crippen LogP contribution in [0.4, 0.5) is 0 Å². The monoisotopic (exact) mass is 318 g/mol. The summed E-state index contributed by atoms with van der Waals surface area (Å²) in [7, 11) is 0. The Kier molecular flexibility index (Phi) is 5.85. The Morgan fingerprint density at radius 2 is 1.57 bits per heavy atom. The number of nitrogens with zero attached hydrogens (tertiary/aromatic N) is 3. The molecule has 0 bridgehead atoms. The lowest BCUT2D eigenvalue weighted by Gasteiger charge is -2.28. The van der Waals surface area contributed by atoms with Gasteiger partial charge < -0.3 is 20.1 Å². The molecule has 1 aromatic rings. The van der Waals surface area contributed by atoms with Crippen LogP contribution in [0.5, 0.6) is 0 Å². The number of ether oxygens (including phenoxy) is 2. The molecule has 126 valence electrons. The van der Waals surface area contributed by atoms with Crippen LogP contribution in [0.25, 0.3) is 0 Å². The van der Waals surface area contributed by atoms with E-state index in [4.69, 9.17) is 15.2 Å². The Labute approximate surface area is 137 Å². The summed E-state index contributed by atoms with van der Waals surface area (Å²) >= 11 is 0. The minimum absolute atomic E-state index is 0.620. The fourth-order valence-corrected chi connectivity index (χ4v) is 2.92. The van der Waals surface area contributed by atoms with E-state index >= 15 is 0 Å². The van der Waals surface area contributed by atoms with E-state index < -0.39 is 0 Å². The topological polar surface area (TPSA) is 63.3 Å². The maximum Gasteiger partial charge on any atom is 0.191 e. The lowest BCUT2D eigenvalue weighted by molar-refractivity contribution is 0.0341. The number of morpholine rings is 2. The molecule has 2 heterocycles. The molecule has 6 nitrogen and oxygen atoms in total. The summed E-state index contributed by atoms with van der Waals surface area (Å²) in [4.78, 5) is 9.11. The second kappa shape index (κ2) is 8.29. The van der Waals surface area contributed by atoms with Crippen LogP contribution in [0, 0.1) is 0 Å². The van der Waals surface area contributed by atoms with Gasteiger partial charge in [-0.3, -0.25) is 4.90 Å². The molecule has 2 aliphatic heterocycles. The number of nitrogens with two attached hydrogens (primary N) is 1. The molecule has 2 fully saturated rings. The smallest absolute Gasteiger partial charge is 0.191 e. The van der Waals surface area contributed by atoms with Crippen LogP contribution in [-0.4, -0.2) is 68.4 Å². The molecular formula is C17H26N4O2. The number of rotatable bonds is 4. The molecule has 0 aromatic heterocycles. The molecule has 0 spiro atoms. The van der Waals surface area contributed by atoms with Crippen LogP contribution >= 0.6 is 0 Å². The molecule has 23 heavy (non-hydrogen) atoms. The second-order valence-corrected chi connectivity index (χ2v) is 5.93. The Balaban J connectivity index is 1.62. The van der Waals surface area contributed by atoms with E-state index in [1.807, 2.05) is 0 Å². The van der Waals surface area contributed by atoms with E-state index in [1.54, 1.807) is 0 Å². The summed E-state index contributed by atoms with van der Waals surface area (Å²) in [5, 5.41) is 0. The Morgan fingerprint density at radius 1 is 0.957 bits per heavy atom. The van der Waals surface area contributed by atoms with Gasteiger partial charge in [-0.25, -0.2) is 4.99 Å². The Bertz CT molecular complexity index is 523. The van der Waals surface area contributed by atoms with Gasteiger partial charge in [-0.15, -0.1) is 0 Å². The SMILES string of the molecule is NC(=NCc1ccccc1CN1CCOCC1)N1CCOCC1. The number of benzene rings is 1. The minimum atomic E-state index is 0.620. The van der Waals surface area contributed by atoms with Crippen LogP contribution in [0.15, 0.2) is 29.3 Å². The Morgan fingerprint density at radius 3 is 2.26 bits per heavy atom. The van der Waals surface area contributed by atoms with E-state index in [0.717, 1.165) is 59.2 Å². The minimum Gasteiger partial charge on any atom is -0.379 e. The Hall–Kier alpha value is -1.63. The first-order valence-electron chi connectivity index (χ1n) is 8.32. The molecule has 0 unspecified atom stereocenters. The molecule has 2 aliphatic rings. The lowest BCUT2D eigenvalue weighted by atomic mass is 10.1. The van der Waals surface area contributed by atoms with Crippen molar-refractivity contribution in [1.82, 2.24) is 9.80 Å². The molecule has 0 atom stereocenters. The normalized spacial score (nSPS) is 20.7. The third-order valence-electron chi connectivity index (χ3n) is 4.36. The maximum absolute atomic E-state index is 6.12. The van der Waals surface area contributed by atoms with Gasteiger partial charge in [0.2, 0.25) is 0 Å². The molecule has 2 N–H and O–H groups in total. The highest BCUT2D eigenvalue weighted by Gasteiger charge is 2.14. The molecule has 1 aromatic carbocycles. The number of hydrogen-bond acceptors (Lipinski definition) is 4. The van der Waals surface area contributed by atoms with Gasteiger partial charge in [0, 0.05) is 32.7 Å². The zero-order chi connectivity index (χ0) is 15.9. The van der Waals surface area contributed by atoms with Crippen molar-refractivity contribution in [3.05, 3.63) is 35.4 Å². The van der Waals surface area contributed by atoms with Gasteiger partial charge in [0.25, 0.3) is 0 Å². The van der Waals surface area contributed by atoms with Crippen LogP contribution in [0.2, 0.25) is 0 Å². The van der Waals surface area contributed by atoms with Crippen molar-refractivity contribution >= 4 is 5.96 Å². The first kappa shape index (κ1) is 16.2. The maximum atomic E-state index is 6.12. The highest BCUT2D eigenvalue weighted by Crippen LogP contribution is 2.14. The third-order valence-corrected chi connectivity index (χ3v) is 4.36. The zero-order valence-electron chi connectivity index (χ0n) is 13.6. The summed E-state index contributed by atoms with van der Waals surface area (Å²) in [6.45, 7) is 8.31. The van der Waals surface area contributed by atoms with Gasteiger partial charge >= 0.3 is 0 Å². The second-order valence-electron chi connectivity index (χ2n) is 5.93. The summed E-state index contributed by atoms with van der Waals surface area (Å²) in [5.41, 5.74) is 8.70. The van der Waals surface area contributed by atoms with Crippen LogP contribution in [0.3, 0.4) is 0 Å². The summed E-state index contributed by atoms with van der Waals surface area (Å²) in [5.74, 6) is 0.620. The van der Waals surface area contributed by atoms with Gasteiger partial charge in [-0.1, -0.05) is 24.3 Å². The van der Waals surface area contributed by atoms with E-state index in [1.165, 1.54) is 11.1 Å². The number of aliphatic imine (C=N–C) groups is 1. The average molecular weight is 318 g/mol. The largest absolute Gasteiger partial charge is 0.379 e. The summed E-state index contributed by atoms with van der Waals surface area (Å²) in [6.07, 6.45) is 0. The quantitative estimate of drug-likeness (QED) is 0.653. The molecular weight excluding hydrogens is 292 g/mol.